The molecule has 28 heavy (non-hydrogen) atoms. The van der Waals surface area contributed by atoms with E-state index in [4.69, 9.17) is 0 Å². The van der Waals surface area contributed by atoms with Crippen molar-refractivity contribution in [3.8, 4) is 0 Å². The van der Waals surface area contributed by atoms with E-state index in [1.54, 1.807) is 0 Å². The van der Waals surface area contributed by atoms with Crippen LogP contribution in [0.4, 0.5) is 20.2 Å². The summed E-state index contributed by atoms with van der Waals surface area (Å²) in [5.74, 6) is -2.24. The van der Waals surface area contributed by atoms with Crippen LogP contribution >= 0.6 is 0 Å². The zero-order valence-corrected chi connectivity index (χ0v) is 16.0. The fourth-order valence-corrected chi connectivity index (χ4v) is 3.73. The van der Waals surface area contributed by atoms with E-state index < -0.39 is 11.6 Å². The number of hydrogen-bond donors (Lipinski definition) is 2. The molecule has 0 unspecified atom stereocenters. The Morgan fingerprint density at radius 3 is 1.89 bits per heavy atom. The monoisotopic (exact) mass is 386 g/mol. The van der Waals surface area contributed by atoms with Crippen molar-refractivity contribution in [1.29, 1.82) is 0 Å². The number of nitrogens with one attached hydrogen (secondary N) is 2. The molecule has 4 nitrogen and oxygen atoms in total. The van der Waals surface area contributed by atoms with Crippen molar-refractivity contribution in [2.24, 2.45) is 11.8 Å². The van der Waals surface area contributed by atoms with Gasteiger partial charge in [0.1, 0.15) is 11.6 Å². The number of rotatable bonds is 4. The summed E-state index contributed by atoms with van der Waals surface area (Å²) in [4.78, 5) is 24.9. The van der Waals surface area contributed by atoms with Crippen molar-refractivity contribution in [3.05, 3.63) is 59.2 Å². The summed E-state index contributed by atoms with van der Waals surface area (Å²) in [6.07, 6.45) is 2.31. The Kier molecular flexibility index (Phi) is 6.07. The summed E-state index contributed by atoms with van der Waals surface area (Å²) in [5, 5.41) is 5.49. The lowest BCUT2D eigenvalue weighted by molar-refractivity contribution is -0.125. The average molecular weight is 386 g/mol. The maximum Gasteiger partial charge on any atom is 0.227 e. The fourth-order valence-electron chi connectivity index (χ4n) is 3.73. The number of benzene rings is 2. The highest BCUT2D eigenvalue weighted by Crippen LogP contribution is 2.31. The molecule has 2 N–H and O–H groups in total. The van der Waals surface area contributed by atoms with Crippen molar-refractivity contribution < 1.29 is 18.4 Å². The predicted molar refractivity (Wildman–Crippen MR) is 105 cm³/mol. The summed E-state index contributed by atoms with van der Waals surface area (Å²) < 4.78 is 26.7. The standard InChI is InChI=1S/C22H24F2N2O2/c1-13-9-14(2)11-18(10-13)25-21(27)15-3-5-16(6-4-15)22(28)26-20-8-7-17(23)12-19(20)24/h7-12,15-16H,3-6H2,1-2H3,(H,25,27)(H,26,28). The lowest BCUT2D eigenvalue weighted by Gasteiger charge is -2.27. The van der Waals surface area contributed by atoms with E-state index in [1.807, 2.05) is 32.0 Å². The van der Waals surface area contributed by atoms with Gasteiger partial charge in [0.15, 0.2) is 0 Å². The second-order valence-electron chi connectivity index (χ2n) is 7.53. The lowest BCUT2D eigenvalue weighted by atomic mass is 9.81. The van der Waals surface area contributed by atoms with Gasteiger partial charge in [-0.15, -0.1) is 0 Å². The largest absolute Gasteiger partial charge is 0.326 e. The van der Waals surface area contributed by atoms with Crippen LogP contribution in [0.15, 0.2) is 36.4 Å². The number of hydrogen-bond acceptors (Lipinski definition) is 2. The smallest absolute Gasteiger partial charge is 0.227 e. The molecule has 0 radical (unpaired) electrons. The highest BCUT2D eigenvalue weighted by Gasteiger charge is 2.30. The summed E-state index contributed by atoms with van der Waals surface area (Å²) in [6, 6.07) is 8.97. The normalized spacial score (nSPS) is 19.1. The molecule has 0 aromatic heterocycles. The van der Waals surface area contributed by atoms with Gasteiger partial charge in [0.25, 0.3) is 0 Å². The van der Waals surface area contributed by atoms with Crippen molar-refractivity contribution in [3.63, 3.8) is 0 Å². The zero-order chi connectivity index (χ0) is 20.3. The molecule has 0 bridgehead atoms. The number of carbonyl (C=O) groups is 2. The van der Waals surface area contributed by atoms with Gasteiger partial charge >= 0.3 is 0 Å². The van der Waals surface area contributed by atoms with E-state index in [9.17, 15) is 18.4 Å². The van der Waals surface area contributed by atoms with Gasteiger partial charge in [-0.05, 0) is 74.9 Å². The van der Waals surface area contributed by atoms with Gasteiger partial charge in [-0.25, -0.2) is 8.78 Å². The Labute approximate surface area is 163 Å². The summed E-state index contributed by atoms with van der Waals surface area (Å²) in [6.45, 7) is 3.97. The zero-order valence-electron chi connectivity index (χ0n) is 16.0. The molecule has 0 heterocycles. The van der Waals surface area contributed by atoms with Crippen LogP contribution in [0.25, 0.3) is 0 Å². The lowest BCUT2D eigenvalue weighted by Crippen LogP contribution is -2.32. The molecule has 148 valence electrons. The van der Waals surface area contributed by atoms with Gasteiger partial charge in [-0.2, -0.15) is 0 Å². The quantitative estimate of drug-likeness (QED) is 0.780. The van der Waals surface area contributed by atoms with Crippen molar-refractivity contribution in [1.82, 2.24) is 0 Å². The molecule has 2 aromatic carbocycles. The van der Waals surface area contributed by atoms with Crippen molar-refractivity contribution in [2.45, 2.75) is 39.5 Å². The van der Waals surface area contributed by atoms with Crippen molar-refractivity contribution in [2.75, 3.05) is 10.6 Å². The van der Waals surface area contributed by atoms with Gasteiger partial charge in [-0.3, -0.25) is 9.59 Å². The van der Waals surface area contributed by atoms with Crippen LogP contribution in [0.3, 0.4) is 0 Å². The fraction of sp³-hybridized carbons (Fsp3) is 0.364. The molecule has 0 aliphatic heterocycles. The molecule has 0 spiro atoms. The van der Waals surface area contributed by atoms with E-state index in [1.165, 1.54) is 6.07 Å². The molecule has 1 fully saturated rings. The SMILES string of the molecule is Cc1cc(C)cc(NC(=O)C2CCC(C(=O)Nc3ccc(F)cc3F)CC2)c1. The molecule has 1 aliphatic carbocycles. The first-order valence-electron chi connectivity index (χ1n) is 9.47. The van der Waals surface area contributed by atoms with E-state index >= 15 is 0 Å². The third-order valence-electron chi connectivity index (χ3n) is 5.15. The minimum Gasteiger partial charge on any atom is -0.326 e. The maximum absolute atomic E-state index is 13.7. The molecule has 1 aliphatic rings. The van der Waals surface area contributed by atoms with Gasteiger partial charge in [0.05, 0.1) is 5.69 Å². The van der Waals surface area contributed by atoms with E-state index in [-0.39, 0.29) is 29.3 Å². The molecular formula is C22H24F2N2O2. The van der Waals surface area contributed by atoms with Crippen LogP contribution in [-0.4, -0.2) is 11.8 Å². The summed E-state index contributed by atoms with van der Waals surface area (Å²) in [5.41, 5.74) is 2.93. The molecule has 6 heteroatoms. The Bertz CT molecular complexity index is 870. The molecule has 2 aromatic rings. The van der Waals surface area contributed by atoms with Gasteiger partial charge < -0.3 is 10.6 Å². The van der Waals surface area contributed by atoms with Crippen LogP contribution in [-0.2, 0) is 9.59 Å². The highest BCUT2D eigenvalue weighted by molar-refractivity contribution is 5.94. The second kappa shape index (κ2) is 8.50. The minimum absolute atomic E-state index is 0.0268. The topological polar surface area (TPSA) is 58.2 Å². The van der Waals surface area contributed by atoms with E-state index in [0.29, 0.717) is 25.7 Å². The van der Waals surface area contributed by atoms with Gasteiger partial charge in [-0.1, -0.05) is 6.07 Å². The minimum atomic E-state index is -0.796. The number of carbonyl (C=O) groups excluding carboxylic acids is 2. The maximum atomic E-state index is 13.7. The van der Waals surface area contributed by atoms with Crippen LogP contribution in [0.5, 0.6) is 0 Å². The Balaban J connectivity index is 1.53. The average Bonchev–Trinajstić information content (AvgIpc) is 2.63. The molecule has 0 saturated heterocycles. The predicted octanol–water partition coefficient (Wildman–Crippen LogP) is 4.97. The first kappa shape index (κ1) is 20.0. The third kappa shape index (κ3) is 4.94. The Morgan fingerprint density at radius 1 is 0.821 bits per heavy atom. The third-order valence-corrected chi connectivity index (χ3v) is 5.15. The Morgan fingerprint density at radius 2 is 1.36 bits per heavy atom. The number of aryl methyl sites for hydroxylation is 2. The van der Waals surface area contributed by atoms with Crippen molar-refractivity contribution >= 4 is 23.2 Å². The summed E-state index contributed by atoms with van der Waals surface area (Å²) in [7, 11) is 0. The number of halogens is 2. The number of anilines is 2. The first-order chi connectivity index (χ1) is 13.3. The molecule has 2 amide bonds. The molecule has 1 saturated carbocycles. The molecule has 0 atom stereocenters. The van der Waals surface area contributed by atoms with E-state index in [0.717, 1.165) is 28.9 Å². The first-order valence-corrected chi connectivity index (χ1v) is 9.47. The van der Waals surface area contributed by atoms with Crippen LogP contribution in [0.1, 0.15) is 36.8 Å². The second-order valence-corrected chi connectivity index (χ2v) is 7.53. The van der Waals surface area contributed by atoms with Gasteiger partial charge in [0, 0.05) is 23.6 Å². The Hall–Kier alpha value is -2.76. The molecular weight excluding hydrogens is 362 g/mol. The highest BCUT2D eigenvalue weighted by atomic mass is 19.1. The number of amides is 2. The summed E-state index contributed by atoms with van der Waals surface area (Å²) >= 11 is 0. The van der Waals surface area contributed by atoms with Crippen LogP contribution in [0, 0.1) is 37.3 Å². The van der Waals surface area contributed by atoms with Gasteiger partial charge in [0.2, 0.25) is 11.8 Å². The van der Waals surface area contributed by atoms with E-state index in [2.05, 4.69) is 10.6 Å². The molecule has 3 rings (SSSR count). The van der Waals surface area contributed by atoms with Crippen LogP contribution < -0.4 is 10.6 Å². The van der Waals surface area contributed by atoms with Crippen LogP contribution in [0.2, 0.25) is 0 Å².